The van der Waals surface area contributed by atoms with Gasteiger partial charge in [-0.25, -0.2) is 14.3 Å². The van der Waals surface area contributed by atoms with Crippen LogP contribution in [0.1, 0.15) is 64.9 Å². The first-order chi connectivity index (χ1) is 15.0. The third kappa shape index (κ3) is 6.21. The standard InChI is InChI=1S/C23H34N4O5/c1-16(13-14-25(5)22(31)32-23(2,3)4)17-10-9-11-18-20(17)26(6)21(30)27(18)24-19(29)12-7-8-15-28/h9-11,15-16H,7-8,12-14H2,1-6H3,(H,24,29). The minimum Gasteiger partial charge on any atom is -0.444 e. The van der Waals surface area contributed by atoms with Crippen molar-refractivity contribution < 1.29 is 19.1 Å². The Kier molecular flexibility index (Phi) is 8.24. The molecule has 1 heterocycles. The van der Waals surface area contributed by atoms with Gasteiger partial charge in [0.15, 0.2) is 0 Å². The second-order valence-corrected chi connectivity index (χ2v) is 9.08. The highest BCUT2D eigenvalue weighted by atomic mass is 16.6. The number of carbonyl (C=O) groups is 3. The Balaban J connectivity index is 2.21. The number of hydrogen-bond acceptors (Lipinski definition) is 5. The van der Waals surface area contributed by atoms with E-state index in [9.17, 15) is 19.2 Å². The number of nitrogens with one attached hydrogen (secondary N) is 1. The van der Waals surface area contributed by atoms with Gasteiger partial charge in [0.1, 0.15) is 11.9 Å². The maximum absolute atomic E-state index is 12.8. The van der Waals surface area contributed by atoms with Crippen LogP contribution in [0.2, 0.25) is 0 Å². The normalized spacial score (nSPS) is 12.4. The van der Waals surface area contributed by atoms with Crippen molar-refractivity contribution in [2.75, 3.05) is 19.0 Å². The monoisotopic (exact) mass is 446 g/mol. The molecule has 0 radical (unpaired) electrons. The van der Waals surface area contributed by atoms with Crippen molar-refractivity contribution in [1.29, 1.82) is 0 Å². The minimum absolute atomic E-state index is 0.0494. The van der Waals surface area contributed by atoms with Gasteiger partial charge >= 0.3 is 11.8 Å². The molecular formula is C23H34N4O5. The average Bonchev–Trinajstić information content (AvgIpc) is 2.95. The molecule has 0 aliphatic carbocycles. The number of fused-ring (bicyclic) bond motifs is 1. The number of ether oxygens (including phenoxy) is 1. The summed E-state index contributed by atoms with van der Waals surface area (Å²) in [6.45, 7) is 8.02. The number of unbranched alkanes of at least 4 members (excludes halogenated alkanes) is 1. The van der Waals surface area contributed by atoms with Crippen molar-refractivity contribution in [3.8, 4) is 0 Å². The third-order valence-electron chi connectivity index (χ3n) is 5.20. The Labute approximate surface area is 188 Å². The van der Waals surface area contributed by atoms with Gasteiger partial charge in [0.25, 0.3) is 0 Å². The summed E-state index contributed by atoms with van der Waals surface area (Å²) < 4.78 is 8.17. The third-order valence-corrected chi connectivity index (χ3v) is 5.20. The molecule has 9 nitrogen and oxygen atoms in total. The summed E-state index contributed by atoms with van der Waals surface area (Å²) in [6.07, 6.45) is 1.96. The van der Waals surface area contributed by atoms with E-state index in [1.807, 2.05) is 39.8 Å². The van der Waals surface area contributed by atoms with Gasteiger partial charge in [-0.05, 0) is 51.2 Å². The predicted octanol–water partition coefficient (Wildman–Crippen LogP) is 3.14. The van der Waals surface area contributed by atoms with E-state index in [0.29, 0.717) is 31.3 Å². The van der Waals surface area contributed by atoms with Crippen molar-refractivity contribution in [1.82, 2.24) is 14.1 Å². The van der Waals surface area contributed by atoms with Gasteiger partial charge < -0.3 is 14.4 Å². The fourth-order valence-corrected chi connectivity index (χ4v) is 3.45. The molecule has 1 aromatic heterocycles. The molecule has 0 saturated carbocycles. The molecule has 1 atom stereocenters. The molecule has 2 aromatic rings. The summed E-state index contributed by atoms with van der Waals surface area (Å²) in [5.41, 5.74) is 4.03. The smallest absolute Gasteiger partial charge is 0.410 e. The molecule has 9 heteroatoms. The number of amides is 2. The molecule has 1 N–H and O–H groups in total. The number of aromatic nitrogens is 2. The number of rotatable bonds is 9. The van der Waals surface area contributed by atoms with Gasteiger partial charge in [-0.15, -0.1) is 0 Å². The summed E-state index contributed by atoms with van der Waals surface area (Å²) in [7, 11) is 3.37. The lowest BCUT2D eigenvalue weighted by Crippen LogP contribution is -2.35. The molecule has 2 amide bonds. The lowest BCUT2D eigenvalue weighted by atomic mass is 9.96. The van der Waals surface area contributed by atoms with E-state index >= 15 is 0 Å². The zero-order chi connectivity index (χ0) is 24.1. The number of aryl methyl sites for hydroxylation is 1. The van der Waals surface area contributed by atoms with Crippen LogP contribution >= 0.6 is 0 Å². The lowest BCUT2D eigenvalue weighted by Gasteiger charge is -2.25. The summed E-state index contributed by atoms with van der Waals surface area (Å²) in [5, 5.41) is 0. The zero-order valence-electron chi connectivity index (χ0n) is 19.8. The topological polar surface area (TPSA) is 103 Å². The first kappa shape index (κ1) is 25.2. The summed E-state index contributed by atoms with van der Waals surface area (Å²) in [5.74, 6) is -0.271. The van der Waals surface area contributed by atoms with E-state index in [2.05, 4.69) is 5.43 Å². The Morgan fingerprint density at radius 2 is 1.97 bits per heavy atom. The maximum atomic E-state index is 12.8. The Bertz CT molecular complexity index is 1030. The zero-order valence-corrected chi connectivity index (χ0v) is 19.8. The molecule has 0 saturated heterocycles. The van der Waals surface area contributed by atoms with E-state index in [1.165, 1.54) is 9.24 Å². The second-order valence-electron chi connectivity index (χ2n) is 9.08. The van der Waals surface area contributed by atoms with Crippen LogP contribution in [0.15, 0.2) is 23.0 Å². The van der Waals surface area contributed by atoms with E-state index in [1.54, 1.807) is 25.1 Å². The van der Waals surface area contributed by atoms with Crippen molar-refractivity contribution in [2.45, 2.75) is 64.9 Å². The molecule has 32 heavy (non-hydrogen) atoms. The molecule has 0 aliphatic heterocycles. The molecule has 176 valence electrons. The highest BCUT2D eigenvalue weighted by molar-refractivity contribution is 5.87. The minimum atomic E-state index is -0.554. The quantitative estimate of drug-likeness (QED) is 0.471. The number of imidazole rings is 1. The van der Waals surface area contributed by atoms with Crippen molar-refractivity contribution in [2.24, 2.45) is 7.05 Å². The Morgan fingerprint density at radius 3 is 2.59 bits per heavy atom. The van der Waals surface area contributed by atoms with E-state index in [4.69, 9.17) is 4.74 Å². The number of para-hydroxylation sites is 1. The van der Waals surface area contributed by atoms with Crippen LogP contribution in [0.3, 0.4) is 0 Å². The van der Waals surface area contributed by atoms with Crippen LogP contribution in [-0.2, 0) is 21.4 Å². The van der Waals surface area contributed by atoms with Crippen LogP contribution in [0.25, 0.3) is 11.0 Å². The highest BCUT2D eigenvalue weighted by Gasteiger charge is 2.22. The van der Waals surface area contributed by atoms with Gasteiger partial charge in [0, 0.05) is 33.5 Å². The van der Waals surface area contributed by atoms with Gasteiger partial charge in [0.05, 0.1) is 11.0 Å². The number of carbonyl (C=O) groups excluding carboxylic acids is 3. The van der Waals surface area contributed by atoms with Crippen LogP contribution < -0.4 is 11.1 Å². The fraction of sp³-hybridized carbons (Fsp3) is 0.565. The first-order valence-corrected chi connectivity index (χ1v) is 10.8. The molecule has 2 rings (SSSR count). The fourth-order valence-electron chi connectivity index (χ4n) is 3.45. The van der Waals surface area contributed by atoms with Crippen LogP contribution in [0.4, 0.5) is 4.79 Å². The molecule has 0 bridgehead atoms. The van der Waals surface area contributed by atoms with Crippen molar-refractivity contribution in [3.05, 3.63) is 34.2 Å². The molecule has 0 aliphatic rings. The molecule has 1 unspecified atom stereocenters. The summed E-state index contributed by atoms with van der Waals surface area (Å²) in [6, 6.07) is 5.59. The maximum Gasteiger partial charge on any atom is 0.410 e. The van der Waals surface area contributed by atoms with Gasteiger partial charge in [0.2, 0.25) is 5.91 Å². The van der Waals surface area contributed by atoms with E-state index in [-0.39, 0.29) is 30.0 Å². The average molecular weight is 447 g/mol. The van der Waals surface area contributed by atoms with Crippen LogP contribution in [0, 0.1) is 0 Å². The predicted molar refractivity (Wildman–Crippen MR) is 123 cm³/mol. The van der Waals surface area contributed by atoms with Crippen molar-refractivity contribution in [3.63, 3.8) is 0 Å². The highest BCUT2D eigenvalue weighted by Crippen LogP contribution is 2.27. The van der Waals surface area contributed by atoms with Crippen LogP contribution in [-0.4, -0.2) is 51.6 Å². The number of nitrogens with zero attached hydrogens (tertiary/aromatic N) is 3. The van der Waals surface area contributed by atoms with E-state index in [0.717, 1.165) is 17.4 Å². The van der Waals surface area contributed by atoms with Gasteiger partial charge in [-0.1, -0.05) is 19.1 Å². The summed E-state index contributed by atoms with van der Waals surface area (Å²) in [4.78, 5) is 49.2. The largest absolute Gasteiger partial charge is 0.444 e. The first-order valence-electron chi connectivity index (χ1n) is 10.8. The van der Waals surface area contributed by atoms with Gasteiger partial charge in [-0.2, -0.15) is 0 Å². The second kappa shape index (κ2) is 10.5. The number of hydrogen-bond donors (Lipinski definition) is 1. The lowest BCUT2D eigenvalue weighted by molar-refractivity contribution is -0.117. The number of benzene rings is 1. The Hall–Kier alpha value is -3.10. The van der Waals surface area contributed by atoms with Crippen LogP contribution in [0.5, 0.6) is 0 Å². The van der Waals surface area contributed by atoms with Gasteiger partial charge in [-0.3, -0.25) is 14.8 Å². The number of aldehydes is 1. The van der Waals surface area contributed by atoms with E-state index < -0.39 is 5.60 Å². The molecular weight excluding hydrogens is 412 g/mol. The summed E-state index contributed by atoms with van der Waals surface area (Å²) >= 11 is 0. The molecule has 0 spiro atoms. The Morgan fingerprint density at radius 1 is 1.28 bits per heavy atom. The molecule has 1 aromatic carbocycles. The molecule has 0 fully saturated rings. The SMILES string of the molecule is CC(CCN(C)C(=O)OC(C)(C)C)c1cccc2c1n(C)c(=O)n2NC(=O)CCCC=O. The van der Waals surface area contributed by atoms with Crippen molar-refractivity contribution >= 4 is 29.3 Å².